The Balaban J connectivity index is 1.64. The molecule has 2 aliphatic rings. The van der Waals surface area contributed by atoms with Crippen molar-refractivity contribution < 1.29 is 31.2 Å². The summed E-state index contributed by atoms with van der Waals surface area (Å²) in [7, 11) is -8.07. The van der Waals surface area contributed by atoms with Gasteiger partial charge in [0.15, 0.2) is 0 Å². The zero-order chi connectivity index (χ0) is 26.1. The standard InChI is InChI=1S/C23H28N4O7S2/c1-17-2-6-20(7-3-17)36(32,33)26(11-10-25-12-14-34-15-13-25)21-16-22(28)27(23(21)29)18-4-8-19(9-5-18)35(24,30)31/h2-9,21H,10-16H2,1H3,(H2,24,30,31). The number of hydrogen-bond acceptors (Lipinski definition) is 8. The highest BCUT2D eigenvalue weighted by molar-refractivity contribution is 7.89. The van der Waals surface area contributed by atoms with Crippen molar-refractivity contribution in [2.24, 2.45) is 5.14 Å². The molecule has 0 saturated carbocycles. The number of morpholine rings is 1. The monoisotopic (exact) mass is 536 g/mol. The van der Waals surface area contributed by atoms with E-state index in [2.05, 4.69) is 0 Å². The van der Waals surface area contributed by atoms with Crippen molar-refractivity contribution in [3.8, 4) is 0 Å². The smallest absolute Gasteiger partial charge is 0.252 e. The number of aryl methyl sites for hydroxylation is 1. The van der Waals surface area contributed by atoms with Crippen molar-refractivity contribution in [1.29, 1.82) is 0 Å². The highest BCUT2D eigenvalue weighted by atomic mass is 32.2. The molecule has 13 heteroatoms. The molecule has 2 aliphatic heterocycles. The highest BCUT2D eigenvalue weighted by Gasteiger charge is 2.47. The van der Waals surface area contributed by atoms with Gasteiger partial charge in [0, 0.05) is 26.2 Å². The third kappa shape index (κ3) is 5.51. The van der Waals surface area contributed by atoms with Crippen molar-refractivity contribution in [2.75, 3.05) is 44.3 Å². The molecular weight excluding hydrogens is 508 g/mol. The Labute approximate surface area is 210 Å². The number of amides is 2. The maximum absolute atomic E-state index is 13.7. The molecule has 36 heavy (non-hydrogen) atoms. The minimum absolute atomic E-state index is 0.0120. The van der Waals surface area contributed by atoms with Gasteiger partial charge in [-0.15, -0.1) is 0 Å². The van der Waals surface area contributed by atoms with E-state index in [1.165, 1.54) is 36.4 Å². The minimum Gasteiger partial charge on any atom is -0.379 e. The molecule has 2 saturated heterocycles. The Hall–Kier alpha value is -2.68. The molecule has 2 fully saturated rings. The van der Waals surface area contributed by atoms with Gasteiger partial charge >= 0.3 is 0 Å². The molecule has 2 aromatic rings. The van der Waals surface area contributed by atoms with E-state index >= 15 is 0 Å². The Morgan fingerprint density at radius 3 is 2.11 bits per heavy atom. The van der Waals surface area contributed by atoms with Crippen LogP contribution in [0.15, 0.2) is 58.3 Å². The van der Waals surface area contributed by atoms with Gasteiger partial charge in [0.25, 0.3) is 5.91 Å². The molecule has 2 aromatic carbocycles. The van der Waals surface area contributed by atoms with Crippen LogP contribution in [-0.4, -0.2) is 83.3 Å². The first-order valence-electron chi connectivity index (χ1n) is 11.4. The van der Waals surface area contributed by atoms with E-state index in [9.17, 15) is 26.4 Å². The lowest BCUT2D eigenvalue weighted by atomic mass is 10.2. The average Bonchev–Trinajstić information content (AvgIpc) is 3.13. The Morgan fingerprint density at radius 1 is 0.944 bits per heavy atom. The molecule has 1 unspecified atom stereocenters. The first-order chi connectivity index (χ1) is 17.0. The predicted octanol–water partition coefficient (Wildman–Crippen LogP) is 0.297. The van der Waals surface area contributed by atoms with E-state index in [0.717, 1.165) is 14.8 Å². The van der Waals surface area contributed by atoms with Crippen molar-refractivity contribution in [3.05, 3.63) is 54.1 Å². The van der Waals surface area contributed by atoms with Gasteiger partial charge < -0.3 is 4.74 Å². The van der Waals surface area contributed by atoms with E-state index in [1.807, 2.05) is 11.8 Å². The Morgan fingerprint density at radius 2 is 1.53 bits per heavy atom. The maximum Gasteiger partial charge on any atom is 0.252 e. The van der Waals surface area contributed by atoms with Crippen LogP contribution in [0.2, 0.25) is 0 Å². The second kappa shape index (κ2) is 10.4. The molecule has 2 N–H and O–H groups in total. The van der Waals surface area contributed by atoms with Crippen LogP contribution in [0.4, 0.5) is 5.69 Å². The number of carbonyl (C=O) groups excluding carboxylic acids is 2. The lowest BCUT2D eigenvalue weighted by molar-refractivity contribution is -0.122. The molecule has 0 aromatic heterocycles. The fourth-order valence-corrected chi connectivity index (χ4v) is 6.34. The van der Waals surface area contributed by atoms with Crippen LogP contribution >= 0.6 is 0 Å². The number of hydrogen-bond donors (Lipinski definition) is 1. The summed E-state index contributed by atoms with van der Waals surface area (Å²) in [5.41, 5.74) is 1.02. The maximum atomic E-state index is 13.7. The number of nitrogens with two attached hydrogens (primary N) is 1. The summed E-state index contributed by atoms with van der Waals surface area (Å²) >= 11 is 0. The molecule has 1 atom stereocenters. The van der Waals surface area contributed by atoms with Crippen LogP contribution in [0.3, 0.4) is 0 Å². The number of benzene rings is 2. The fraction of sp³-hybridized carbons (Fsp3) is 0.391. The van der Waals surface area contributed by atoms with E-state index in [-0.39, 0.29) is 28.4 Å². The summed E-state index contributed by atoms with van der Waals surface area (Å²) < 4.78 is 56.9. The molecule has 194 valence electrons. The number of sulfonamides is 2. The van der Waals surface area contributed by atoms with Crippen LogP contribution in [0, 0.1) is 6.92 Å². The zero-order valence-corrected chi connectivity index (χ0v) is 21.4. The van der Waals surface area contributed by atoms with Crippen LogP contribution in [0.1, 0.15) is 12.0 Å². The van der Waals surface area contributed by atoms with Gasteiger partial charge in [-0.05, 0) is 43.3 Å². The van der Waals surface area contributed by atoms with Crippen molar-refractivity contribution in [2.45, 2.75) is 29.2 Å². The number of imide groups is 1. The SMILES string of the molecule is Cc1ccc(S(=O)(=O)N(CCN2CCOCC2)C2CC(=O)N(c3ccc(S(N)(=O)=O)cc3)C2=O)cc1. The largest absolute Gasteiger partial charge is 0.379 e. The van der Waals surface area contributed by atoms with Gasteiger partial charge in [0.2, 0.25) is 26.0 Å². The second-order valence-corrected chi connectivity index (χ2v) is 12.2. The van der Waals surface area contributed by atoms with E-state index in [1.54, 1.807) is 12.1 Å². The number of nitrogens with zero attached hydrogens (tertiary/aromatic N) is 3. The summed E-state index contributed by atoms with van der Waals surface area (Å²) in [6.07, 6.45) is -0.329. The molecule has 11 nitrogen and oxygen atoms in total. The van der Waals surface area contributed by atoms with Gasteiger partial charge in [-0.2, -0.15) is 4.31 Å². The summed E-state index contributed by atoms with van der Waals surface area (Å²) in [4.78, 5) is 29.2. The van der Waals surface area contributed by atoms with E-state index in [0.29, 0.717) is 32.8 Å². The first-order valence-corrected chi connectivity index (χ1v) is 14.4. The molecule has 4 rings (SSSR count). The van der Waals surface area contributed by atoms with Crippen LogP contribution in [0.5, 0.6) is 0 Å². The quantitative estimate of drug-likeness (QED) is 0.474. The van der Waals surface area contributed by atoms with Crippen LogP contribution in [-0.2, 0) is 34.4 Å². The molecule has 2 heterocycles. The van der Waals surface area contributed by atoms with Gasteiger partial charge in [-0.25, -0.2) is 26.9 Å². The van der Waals surface area contributed by atoms with Gasteiger partial charge in [-0.3, -0.25) is 14.5 Å². The zero-order valence-electron chi connectivity index (χ0n) is 19.7. The molecular formula is C23H28N4O7S2. The molecule has 0 aliphatic carbocycles. The number of anilines is 1. The lowest BCUT2D eigenvalue weighted by Gasteiger charge is -2.31. The highest BCUT2D eigenvalue weighted by Crippen LogP contribution is 2.30. The molecule has 2 amide bonds. The normalized spacial score (nSPS) is 19.9. The summed E-state index contributed by atoms with van der Waals surface area (Å²) in [5.74, 6) is -1.27. The number of rotatable bonds is 8. The Bertz CT molecular complexity index is 1340. The van der Waals surface area contributed by atoms with Gasteiger partial charge in [0.05, 0.1) is 35.1 Å². The van der Waals surface area contributed by atoms with Crippen molar-refractivity contribution in [3.63, 3.8) is 0 Å². The fourth-order valence-electron chi connectivity index (χ4n) is 4.25. The van der Waals surface area contributed by atoms with Crippen LogP contribution in [0.25, 0.3) is 0 Å². The Kier molecular flexibility index (Phi) is 7.59. The summed E-state index contributed by atoms with van der Waals surface area (Å²) in [6.45, 7) is 4.57. The van der Waals surface area contributed by atoms with Gasteiger partial charge in [0.1, 0.15) is 6.04 Å². The summed E-state index contributed by atoms with van der Waals surface area (Å²) in [6, 6.07) is 10.1. The number of primary sulfonamides is 1. The first kappa shape index (κ1) is 26.4. The predicted molar refractivity (Wildman–Crippen MR) is 131 cm³/mol. The third-order valence-corrected chi connectivity index (χ3v) is 9.11. The lowest BCUT2D eigenvalue weighted by Crippen LogP contribution is -2.49. The third-order valence-electron chi connectivity index (χ3n) is 6.26. The van der Waals surface area contributed by atoms with E-state index < -0.39 is 37.9 Å². The van der Waals surface area contributed by atoms with E-state index in [4.69, 9.17) is 9.88 Å². The van der Waals surface area contributed by atoms with Crippen molar-refractivity contribution in [1.82, 2.24) is 9.21 Å². The van der Waals surface area contributed by atoms with Gasteiger partial charge in [-0.1, -0.05) is 17.7 Å². The minimum atomic E-state index is -4.11. The topological polar surface area (TPSA) is 147 Å². The van der Waals surface area contributed by atoms with Crippen molar-refractivity contribution >= 4 is 37.5 Å². The molecule has 0 radical (unpaired) electrons. The average molecular weight is 537 g/mol. The number of ether oxygens (including phenoxy) is 1. The summed E-state index contributed by atoms with van der Waals surface area (Å²) in [5, 5.41) is 5.12. The number of carbonyl (C=O) groups is 2. The van der Waals surface area contributed by atoms with Crippen LogP contribution < -0.4 is 10.0 Å². The molecule has 0 spiro atoms. The molecule has 0 bridgehead atoms. The second-order valence-electron chi connectivity index (χ2n) is 8.71.